The SMILES string of the molecule is CCCCCCCCC(C(OC)(OC)OC)S(=O)(=O)C(C)C. The van der Waals surface area contributed by atoms with Gasteiger partial charge in [0.25, 0.3) is 5.97 Å². The zero-order chi connectivity index (χ0) is 17.2. The zero-order valence-electron chi connectivity index (χ0n) is 15.1. The molecule has 0 saturated heterocycles. The molecular weight excluding hydrogens is 304 g/mol. The van der Waals surface area contributed by atoms with Crippen molar-refractivity contribution in [1.82, 2.24) is 0 Å². The number of rotatable bonds is 13. The van der Waals surface area contributed by atoms with Crippen molar-refractivity contribution in [3.8, 4) is 0 Å². The number of unbranched alkanes of at least 4 members (excludes halogenated alkanes) is 5. The highest BCUT2D eigenvalue weighted by Crippen LogP contribution is 2.30. The second-order valence-corrected chi connectivity index (χ2v) is 8.59. The molecule has 0 aromatic carbocycles. The third-order valence-corrected chi connectivity index (χ3v) is 6.75. The van der Waals surface area contributed by atoms with Crippen molar-refractivity contribution in [2.45, 2.75) is 82.2 Å². The van der Waals surface area contributed by atoms with Gasteiger partial charge in [-0.2, -0.15) is 0 Å². The molecule has 6 heteroatoms. The molecule has 134 valence electrons. The molecule has 0 aliphatic heterocycles. The van der Waals surface area contributed by atoms with Gasteiger partial charge in [-0.05, 0) is 20.3 Å². The number of ether oxygens (including phenoxy) is 3. The summed E-state index contributed by atoms with van der Waals surface area (Å²) in [6, 6.07) is 0. The standard InChI is InChI=1S/C16H34O5S/c1-7-8-9-10-11-12-13-15(22(17,18)14(2)3)16(19-4,20-5)21-6/h14-15H,7-13H2,1-6H3. The maximum Gasteiger partial charge on any atom is 0.299 e. The summed E-state index contributed by atoms with van der Waals surface area (Å²) in [4.78, 5) is 0. The molecule has 0 amide bonds. The fourth-order valence-electron chi connectivity index (χ4n) is 2.63. The highest BCUT2D eigenvalue weighted by molar-refractivity contribution is 7.92. The molecule has 0 heterocycles. The molecule has 0 fully saturated rings. The fourth-order valence-corrected chi connectivity index (χ4v) is 4.47. The van der Waals surface area contributed by atoms with E-state index < -0.39 is 26.3 Å². The summed E-state index contributed by atoms with van der Waals surface area (Å²) in [7, 11) is 0.836. The maximum absolute atomic E-state index is 12.7. The Morgan fingerprint density at radius 2 is 1.32 bits per heavy atom. The van der Waals surface area contributed by atoms with Crippen LogP contribution >= 0.6 is 0 Å². The molecule has 0 aromatic heterocycles. The van der Waals surface area contributed by atoms with Gasteiger partial charge in [0.15, 0.2) is 9.84 Å². The van der Waals surface area contributed by atoms with Crippen LogP contribution in [0.2, 0.25) is 0 Å². The Bertz CT molecular complexity index is 366. The molecule has 0 N–H and O–H groups in total. The van der Waals surface area contributed by atoms with Crippen molar-refractivity contribution in [1.29, 1.82) is 0 Å². The first-order chi connectivity index (χ1) is 10.3. The minimum absolute atomic E-state index is 0.474. The fraction of sp³-hybridized carbons (Fsp3) is 1.00. The molecule has 1 atom stereocenters. The molecular formula is C16H34O5S. The molecule has 0 aliphatic carbocycles. The number of hydrogen-bond donors (Lipinski definition) is 0. The lowest BCUT2D eigenvalue weighted by molar-refractivity contribution is -0.352. The number of sulfone groups is 1. The average Bonchev–Trinajstić information content (AvgIpc) is 2.50. The van der Waals surface area contributed by atoms with Crippen LogP contribution in [0.5, 0.6) is 0 Å². The Morgan fingerprint density at radius 1 is 0.864 bits per heavy atom. The van der Waals surface area contributed by atoms with Gasteiger partial charge in [-0.25, -0.2) is 8.42 Å². The van der Waals surface area contributed by atoms with E-state index in [0.29, 0.717) is 6.42 Å². The van der Waals surface area contributed by atoms with E-state index in [1.54, 1.807) is 13.8 Å². The van der Waals surface area contributed by atoms with E-state index in [-0.39, 0.29) is 0 Å². The van der Waals surface area contributed by atoms with Crippen LogP contribution in [-0.4, -0.2) is 46.2 Å². The van der Waals surface area contributed by atoms with Crippen molar-refractivity contribution in [3.05, 3.63) is 0 Å². The summed E-state index contributed by atoms with van der Waals surface area (Å²) in [6.07, 6.45) is 7.05. The van der Waals surface area contributed by atoms with Gasteiger partial charge in [0.05, 0.1) is 5.25 Å². The third kappa shape index (κ3) is 5.80. The first-order valence-electron chi connectivity index (χ1n) is 8.20. The lowest BCUT2D eigenvalue weighted by atomic mass is 10.1. The predicted molar refractivity (Wildman–Crippen MR) is 89.6 cm³/mol. The Balaban J connectivity index is 4.97. The topological polar surface area (TPSA) is 61.8 Å². The van der Waals surface area contributed by atoms with Gasteiger partial charge in [-0.15, -0.1) is 0 Å². The molecule has 0 spiro atoms. The van der Waals surface area contributed by atoms with E-state index >= 15 is 0 Å². The second kappa shape index (κ2) is 10.6. The first-order valence-corrected chi connectivity index (χ1v) is 9.81. The minimum atomic E-state index is -3.41. The van der Waals surface area contributed by atoms with E-state index in [1.165, 1.54) is 40.6 Å². The molecule has 0 radical (unpaired) electrons. The van der Waals surface area contributed by atoms with Crippen molar-refractivity contribution in [2.24, 2.45) is 0 Å². The van der Waals surface area contributed by atoms with Crippen molar-refractivity contribution >= 4 is 9.84 Å². The van der Waals surface area contributed by atoms with Crippen LogP contribution in [0.1, 0.15) is 65.7 Å². The quantitative estimate of drug-likeness (QED) is 0.380. The lowest BCUT2D eigenvalue weighted by Gasteiger charge is -2.36. The monoisotopic (exact) mass is 338 g/mol. The largest absolute Gasteiger partial charge is 0.330 e. The lowest BCUT2D eigenvalue weighted by Crippen LogP contribution is -2.53. The Kier molecular flexibility index (Phi) is 10.5. The van der Waals surface area contributed by atoms with E-state index in [9.17, 15) is 8.42 Å². The first kappa shape index (κ1) is 21.8. The van der Waals surface area contributed by atoms with E-state index in [0.717, 1.165) is 19.3 Å². The summed E-state index contributed by atoms with van der Waals surface area (Å²) < 4.78 is 41.3. The van der Waals surface area contributed by atoms with Gasteiger partial charge in [-0.1, -0.05) is 45.4 Å². The minimum Gasteiger partial charge on any atom is -0.330 e. The van der Waals surface area contributed by atoms with E-state index in [4.69, 9.17) is 14.2 Å². The molecule has 0 rings (SSSR count). The van der Waals surface area contributed by atoms with Crippen LogP contribution in [0.15, 0.2) is 0 Å². The van der Waals surface area contributed by atoms with Crippen LogP contribution in [0.3, 0.4) is 0 Å². The average molecular weight is 339 g/mol. The van der Waals surface area contributed by atoms with Crippen LogP contribution in [0, 0.1) is 0 Å². The second-order valence-electron chi connectivity index (χ2n) is 5.90. The predicted octanol–water partition coefficient (Wildman–Crippen LogP) is 3.52. The number of hydrogen-bond acceptors (Lipinski definition) is 5. The number of methoxy groups -OCH3 is 3. The normalized spacial score (nSPS) is 14.5. The Hall–Kier alpha value is -0.170. The molecule has 5 nitrogen and oxygen atoms in total. The third-order valence-electron chi connectivity index (χ3n) is 4.12. The van der Waals surface area contributed by atoms with Crippen molar-refractivity contribution in [2.75, 3.05) is 21.3 Å². The van der Waals surface area contributed by atoms with Gasteiger partial charge < -0.3 is 14.2 Å². The van der Waals surface area contributed by atoms with Crippen LogP contribution in [0.4, 0.5) is 0 Å². The van der Waals surface area contributed by atoms with Crippen molar-refractivity contribution in [3.63, 3.8) is 0 Å². The van der Waals surface area contributed by atoms with Crippen LogP contribution < -0.4 is 0 Å². The summed E-state index contributed by atoms with van der Waals surface area (Å²) in [5.74, 6) is -1.54. The molecule has 0 aromatic rings. The summed E-state index contributed by atoms with van der Waals surface area (Å²) in [5, 5.41) is -1.33. The van der Waals surface area contributed by atoms with E-state index in [1.807, 2.05) is 0 Å². The maximum atomic E-state index is 12.7. The van der Waals surface area contributed by atoms with Gasteiger partial charge in [-0.3, -0.25) is 0 Å². The van der Waals surface area contributed by atoms with Gasteiger partial charge >= 0.3 is 0 Å². The molecule has 0 saturated carbocycles. The Morgan fingerprint density at radius 3 is 1.73 bits per heavy atom. The van der Waals surface area contributed by atoms with Crippen LogP contribution in [-0.2, 0) is 24.0 Å². The van der Waals surface area contributed by atoms with Gasteiger partial charge in [0.1, 0.15) is 5.25 Å². The summed E-state index contributed by atoms with van der Waals surface area (Å²) in [5.41, 5.74) is 0. The van der Waals surface area contributed by atoms with Gasteiger partial charge in [0, 0.05) is 21.3 Å². The van der Waals surface area contributed by atoms with E-state index in [2.05, 4.69) is 6.92 Å². The molecule has 1 unspecified atom stereocenters. The summed E-state index contributed by atoms with van der Waals surface area (Å²) in [6.45, 7) is 5.53. The highest BCUT2D eigenvalue weighted by atomic mass is 32.2. The van der Waals surface area contributed by atoms with Crippen LogP contribution in [0.25, 0.3) is 0 Å². The smallest absolute Gasteiger partial charge is 0.299 e. The highest BCUT2D eigenvalue weighted by Gasteiger charge is 2.48. The Labute approximate surface area is 136 Å². The molecule has 0 aliphatic rings. The van der Waals surface area contributed by atoms with Gasteiger partial charge in [0.2, 0.25) is 0 Å². The zero-order valence-corrected chi connectivity index (χ0v) is 15.9. The molecule has 0 bridgehead atoms. The molecule has 22 heavy (non-hydrogen) atoms. The summed E-state index contributed by atoms with van der Waals surface area (Å²) >= 11 is 0. The van der Waals surface area contributed by atoms with Crippen molar-refractivity contribution < 1.29 is 22.6 Å².